The third-order valence-corrected chi connectivity index (χ3v) is 3.43. The summed E-state index contributed by atoms with van der Waals surface area (Å²) < 4.78 is 7.71. The molecule has 0 aliphatic heterocycles. The third kappa shape index (κ3) is 1.49. The van der Waals surface area contributed by atoms with Gasteiger partial charge < -0.3 is 9.30 Å². The van der Waals surface area contributed by atoms with Gasteiger partial charge in [0.1, 0.15) is 5.75 Å². The number of benzene rings is 2. The molecule has 0 amide bonds. The maximum Gasteiger partial charge on any atom is 0.119 e. The van der Waals surface area contributed by atoms with Gasteiger partial charge in [-0.25, -0.2) is 0 Å². The molecular formula is C16H17NO. The molecule has 0 saturated carbocycles. The molecule has 0 bridgehead atoms. The van der Waals surface area contributed by atoms with Crippen LogP contribution in [0.4, 0.5) is 0 Å². The molecule has 0 radical (unpaired) electrons. The van der Waals surface area contributed by atoms with Crippen LogP contribution >= 0.6 is 0 Å². The van der Waals surface area contributed by atoms with E-state index in [4.69, 9.17) is 4.74 Å². The minimum atomic E-state index is 0.445. The Kier molecular flexibility index (Phi) is 2.51. The Labute approximate surface area is 107 Å². The lowest BCUT2D eigenvalue weighted by Gasteiger charge is -2.11. The summed E-state index contributed by atoms with van der Waals surface area (Å²) in [5.74, 6) is 0.911. The maximum atomic E-state index is 5.33. The van der Waals surface area contributed by atoms with Crippen LogP contribution in [0.15, 0.2) is 42.5 Å². The van der Waals surface area contributed by atoms with Crippen LogP contribution in [0.25, 0.3) is 21.8 Å². The summed E-state index contributed by atoms with van der Waals surface area (Å²) in [6, 6.07) is 15.3. The van der Waals surface area contributed by atoms with E-state index in [0.717, 1.165) is 5.75 Å². The van der Waals surface area contributed by atoms with Gasteiger partial charge in [0, 0.05) is 27.8 Å². The fourth-order valence-electron chi connectivity index (χ4n) is 2.67. The molecule has 92 valence electrons. The van der Waals surface area contributed by atoms with E-state index in [9.17, 15) is 0 Å². The van der Waals surface area contributed by atoms with Crippen molar-refractivity contribution >= 4 is 21.8 Å². The van der Waals surface area contributed by atoms with Crippen LogP contribution in [0.1, 0.15) is 19.9 Å². The average molecular weight is 239 g/mol. The van der Waals surface area contributed by atoms with Crippen LogP contribution in [0.2, 0.25) is 0 Å². The Morgan fingerprint density at radius 3 is 2.39 bits per heavy atom. The van der Waals surface area contributed by atoms with Gasteiger partial charge in [0.2, 0.25) is 0 Å². The second-order valence-corrected chi connectivity index (χ2v) is 4.86. The van der Waals surface area contributed by atoms with E-state index >= 15 is 0 Å². The first-order chi connectivity index (χ1) is 8.72. The second-order valence-electron chi connectivity index (χ2n) is 4.86. The zero-order valence-corrected chi connectivity index (χ0v) is 11.0. The summed E-state index contributed by atoms with van der Waals surface area (Å²) in [5, 5.41) is 2.55. The van der Waals surface area contributed by atoms with Crippen molar-refractivity contribution in [3.8, 4) is 5.75 Å². The summed E-state index contributed by atoms with van der Waals surface area (Å²) in [4.78, 5) is 0. The molecule has 3 rings (SSSR count). The van der Waals surface area contributed by atoms with Gasteiger partial charge >= 0.3 is 0 Å². The van der Waals surface area contributed by atoms with E-state index in [1.807, 2.05) is 6.07 Å². The van der Waals surface area contributed by atoms with E-state index in [2.05, 4.69) is 54.8 Å². The summed E-state index contributed by atoms with van der Waals surface area (Å²) in [6.07, 6.45) is 0. The molecule has 0 aliphatic rings. The Morgan fingerprint density at radius 2 is 1.67 bits per heavy atom. The largest absolute Gasteiger partial charge is 0.497 e. The van der Waals surface area contributed by atoms with Crippen LogP contribution in [-0.4, -0.2) is 11.7 Å². The normalized spacial score (nSPS) is 11.6. The summed E-state index contributed by atoms with van der Waals surface area (Å²) in [6.45, 7) is 4.44. The zero-order chi connectivity index (χ0) is 12.7. The Hall–Kier alpha value is -1.96. The smallest absolute Gasteiger partial charge is 0.119 e. The molecule has 0 unspecified atom stereocenters. The summed E-state index contributed by atoms with van der Waals surface area (Å²) >= 11 is 0. The first-order valence-electron chi connectivity index (χ1n) is 6.29. The Bertz CT molecular complexity index is 710. The highest BCUT2D eigenvalue weighted by Gasteiger charge is 2.12. The Morgan fingerprint density at radius 1 is 0.944 bits per heavy atom. The lowest BCUT2D eigenvalue weighted by molar-refractivity contribution is 0.415. The predicted octanol–water partition coefficient (Wildman–Crippen LogP) is 4.38. The molecule has 0 spiro atoms. The number of hydrogen-bond donors (Lipinski definition) is 0. The van der Waals surface area contributed by atoms with Crippen molar-refractivity contribution in [2.45, 2.75) is 19.9 Å². The number of rotatable bonds is 2. The highest BCUT2D eigenvalue weighted by molar-refractivity contribution is 6.08. The molecular weight excluding hydrogens is 222 g/mol. The Balaban J connectivity index is 2.49. The first kappa shape index (κ1) is 11.1. The van der Waals surface area contributed by atoms with Gasteiger partial charge in [0.05, 0.1) is 7.11 Å². The molecule has 3 aromatic rings. The highest BCUT2D eigenvalue weighted by Crippen LogP contribution is 2.33. The van der Waals surface area contributed by atoms with Crippen molar-refractivity contribution in [1.29, 1.82) is 0 Å². The second kappa shape index (κ2) is 4.05. The quantitative estimate of drug-likeness (QED) is 0.647. The van der Waals surface area contributed by atoms with Crippen LogP contribution < -0.4 is 4.74 Å². The van der Waals surface area contributed by atoms with Crippen molar-refractivity contribution < 1.29 is 4.74 Å². The van der Waals surface area contributed by atoms with Gasteiger partial charge in [-0.2, -0.15) is 0 Å². The molecule has 18 heavy (non-hydrogen) atoms. The van der Waals surface area contributed by atoms with E-state index in [-0.39, 0.29) is 0 Å². The lowest BCUT2D eigenvalue weighted by atomic mass is 10.1. The molecule has 2 nitrogen and oxygen atoms in total. The monoisotopic (exact) mass is 239 g/mol. The van der Waals surface area contributed by atoms with Crippen LogP contribution in [0.3, 0.4) is 0 Å². The SMILES string of the molecule is COc1ccc2c(c1)c1ccccc1n2C(C)C. The van der Waals surface area contributed by atoms with Crippen molar-refractivity contribution in [1.82, 2.24) is 4.57 Å². The van der Waals surface area contributed by atoms with E-state index in [1.54, 1.807) is 7.11 Å². The predicted molar refractivity (Wildman–Crippen MR) is 76.4 cm³/mol. The van der Waals surface area contributed by atoms with Crippen LogP contribution in [0, 0.1) is 0 Å². The molecule has 0 saturated heterocycles. The molecule has 0 aliphatic carbocycles. The standard InChI is InChI=1S/C16H17NO/c1-11(2)17-15-7-5-4-6-13(15)14-10-12(18-3)8-9-16(14)17/h4-11H,1-3H3. The third-order valence-electron chi connectivity index (χ3n) is 3.43. The van der Waals surface area contributed by atoms with Crippen molar-refractivity contribution in [3.05, 3.63) is 42.5 Å². The fourth-order valence-corrected chi connectivity index (χ4v) is 2.67. The number of ether oxygens (including phenoxy) is 1. The number of fused-ring (bicyclic) bond motifs is 3. The van der Waals surface area contributed by atoms with Gasteiger partial charge in [-0.3, -0.25) is 0 Å². The molecule has 1 aromatic heterocycles. The van der Waals surface area contributed by atoms with E-state index in [0.29, 0.717) is 6.04 Å². The number of methoxy groups -OCH3 is 1. The van der Waals surface area contributed by atoms with Gasteiger partial charge in [-0.1, -0.05) is 18.2 Å². The topological polar surface area (TPSA) is 14.2 Å². The highest BCUT2D eigenvalue weighted by atomic mass is 16.5. The molecule has 2 heteroatoms. The van der Waals surface area contributed by atoms with Crippen LogP contribution in [-0.2, 0) is 0 Å². The minimum Gasteiger partial charge on any atom is -0.497 e. The van der Waals surface area contributed by atoms with Gasteiger partial charge in [-0.05, 0) is 38.1 Å². The molecule has 0 N–H and O–H groups in total. The minimum absolute atomic E-state index is 0.445. The van der Waals surface area contributed by atoms with E-state index < -0.39 is 0 Å². The number of hydrogen-bond acceptors (Lipinski definition) is 1. The number of aromatic nitrogens is 1. The summed E-state index contributed by atoms with van der Waals surface area (Å²) in [5.41, 5.74) is 2.56. The van der Waals surface area contributed by atoms with Crippen molar-refractivity contribution in [3.63, 3.8) is 0 Å². The van der Waals surface area contributed by atoms with Crippen molar-refractivity contribution in [2.24, 2.45) is 0 Å². The number of nitrogens with zero attached hydrogens (tertiary/aromatic N) is 1. The molecule has 2 aromatic carbocycles. The molecule has 0 fully saturated rings. The van der Waals surface area contributed by atoms with Gasteiger partial charge in [0.25, 0.3) is 0 Å². The maximum absolute atomic E-state index is 5.33. The zero-order valence-electron chi connectivity index (χ0n) is 11.0. The average Bonchev–Trinajstić information content (AvgIpc) is 2.72. The van der Waals surface area contributed by atoms with Gasteiger partial charge in [-0.15, -0.1) is 0 Å². The van der Waals surface area contributed by atoms with Crippen LogP contribution in [0.5, 0.6) is 5.75 Å². The first-order valence-corrected chi connectivity index (χ1v) is 6.29. The van der Waals surface area contributed by atoms with Gasteiger partial charge in [0.15, 0.2) is 0 Å². The molecule has 0 atom stereocenters. The lowest BCUT2D eigenvalue weighted by Crippen LogP contribution is -1.99. The molecule has 1 heterocycles. The summed E-state index contributed by atoms with van der Waals surface area (Å²) in [7, 11) is 1.71. The fraction of sp³-hybridized carbons (Fsp3) is 0.250. The van der Waals surface area contributed by atoms with Crippen molar-refractivity contribution in [2.75, 3.05) is 7.11 Å². The van der Waals surface area contributed by atoms with E-state index in [1.165, 1.54) is 21.8 Å². The number of para-hydroxylation sites is 1.